The van der Waals surface area contributed by atoms with Crippen molar-refractivity contribution in [2.24, 2.45) is 0 Å². The van der Waals surface area contributed by atoms with Crippen LogP contribution in [0.15, 0.2) is 194 Å². The second-order valence-electron chi connectivity index (χ2n) is 23.1. The quantitative estimate of drug-likeness (QED) is 0.121. The molecule has 2 aromatic heterocycles. The van der Waals surface area contributed by atoms with Crippen LogP contribution in [0.1, 0.15) is 116 Å². The van der Waals surface area contributed by atoms with Crippen LogP contribution in [-0.4, -0.2) is 9.55 Å². The number of nitrogens with zero attached hydrogens (tertiary/aromatic N) is 4. The van der Waals surface area contributed by atoms with E-state index in [-0.39, 0.29) is 37.3 Å². The fraction of sp³-hybridized carbons (Fsp3) is 0.254. The first-order valence-corrected chi connectivity index (χ1v) is 25.4. The van der Waals surface area contributed by atoms with Crippen LogP contribution in [0, 0.1) is 18.8 Å². The topological polar surface area (TPSA) is 33.5 Å². The van der Waals surface area contributed by atoms with Crippen molar-refractivity contribution >= 4 is 33.2 Å². The van der Waals surface area contributed by atoms with E-state index in [1.807, 2.05) is 12.3 Å². The van der Waals surface area contributed by atoms with Gasteiger partial charge in [-0.3, -0.25) is 0 Å². The Labute approximate surface area is 448 Å². The zero-order valence-corrected chi connectivity index (χ0v) is 46.7. The van der Waals surface area contributed by atoms with Crippen LogP contribution in [0.25, 0.3) is 27.6 Å². The van der Waals surface area contributed by atoms with Crippen molar-refractivity contribution in [1.82, 2.24) is 9.55 Å². The predicted molar refractivity (Wildman–Crippen MR) is 300 cm³/mol. The maximum absolute atomic E-state index is 7.06. The van der Waals surface area contributed by atoms with Crippen molar-refractivity contribution < 1.29 is 25.8 Å². The number of hydrogen-bond acceptors (Lipinski definition) is 4. The predicted octanol–water partition coefficient (Wildman–Crippen LogP) is 17.1. The number of pyridine rings is 1. The van der Waals surface area contributed by atoms with Gasteiger partial charge in [0.2, 0.25) is 0 Å². The van der Waals surface area contributed by atoms with Gasteiger partial charge in [0.25, 0.3) is 0 Å². The van der Waals surface area contributed by atoms with Crippen LogP contribution in [0.2, 0.25) is 0 Å². The first-order valence-electron chi connectivity index (χ1n) is 25.4. The maximum atomic E-state index is 7.06. The number of aromatic nitrogens is 2. The van der Waals surface area contributed by atoms with E-state index in [1.165, 1.54) is 39.1 Å². The van der Waals surface area contributed by atoms with Crippen molar-refractivity contribution in [1.29, 1.82) is 0 Å². The molecule has 5 nitrogen and oxygen atoms in total. The van der Waals surface area contributed by atoms with Gasteiger partial charge in [-0.1, -0.05) is 215 Å². The van der Waals surface area contributed by atoms with E-state index in [1.54, 1.807) is 0 Å². The van der Waals surface area contributed by atoms with Crippen molar-refractivity contribution in [3.05, 3.63) is 246 Å². The fourth-order valence-electron chi connectivity index (χ4n) is 10.7. The molecule has 10 rings (SSSR count). The number of hydrogen-bond donors (Lipinski definition) is 0. The van der Waals surface area contributed by atoms with E-state index < -0.39 is 10.8 Å². The largest absolute Gasteiger partial charge is 0.509 e. The smallest absolute Gasteiger partial charge is 0.135 e. The van der Waals surface area contributed by atoms with Gasteiger partial charge in [0.1, 0.15) is 5.82 Å². The van der Waals surface area contributed by atoms with Gasteiger partial charge >= 0.3 is 0 Å². The molecule has 0 unspecified atom stereocenters. The van der Waals surface area contributed by atoms with E-state index in [2.05, 4.69) is 286 Å². The van der Waals surface area contributed by atoms with Gasteiger partial charge in [-0.25, -0.2) is 4.98 Å². The second kappa shape index (κ2) is 19.3. The van der Waals surface area contributed by atoms with Crippen molar-refractivity contribution in [3.63, 3.8) is 0 Å². The van der Waals surface area contributed by atoms with Crippen molar-refractivity contribution in [2.75, 3.05) is 9.80 Å². The molecule has 374 valence electrons. The second-order valence-corrected chi connectivity index (χ2v) is 23.1. The van der Waals surface area contributed by atoms with Crippen LogP contribution in [-0.2, 0) is 48.1 Å². The Morgan fingerprint density at radius 3 is 1.62 bits per heavy atom. The Balaban J connectivity index is 0.00000656. The molecule has 7 aromatic carbocycles. The average Bonchev–Trinajstić information content (AvgIpc) is 3.95. The van der Waals surface area contributed by atoms with Crippen LogP contribution < -0.4 is 14.5 Å². The Hall–Kier alpha value is -6.68. The average molecular weight is 1140 g/mol. The molecule has 0 spiro atoms. The first-order chi connectivity index (χ1) is 34.2. The van der Waals surface area contributed by atoms with E-state index in [0.717, 1.165) is 44.7 Å². The van der Waals surface area contributed by atoms with E-state index in [4.69, 9.17) is 9.72 Å². The summed E-state index contributed by atoms with van der Waals surface area (Å²) >= 11 is 0. The summed E-state index contributed by atoms with van der Waals surface area (Å²) in [6, 6.07) is 70.5. The van der Waals surface area contributed by atoms with Gasteiger partial charge in [0.15, 0.2) is 0 Å². The number of fused-ring (bicyclic) bond motifs is 3. The summed E-state index contributed by atoms with van der Waals surface area (Å²) in [5.74, 6) is 2.04. The molecule has 0 radical (unpaired) electrons. The maximum Gasteiger partial charge on any atom is 0.135 e. The number of para-hydroxylation sites is 1. The summed E-state index contributed by atoms with van der Waals surface area (Å²) in [7, 11) is 0. The Kier molecular flexibility index (Phi) is 13.5. The van der Waals surface area contributed by atoms with E-state index in [0.29, 0.717) is 11.5 Å². The molecule has 3 heterocycles. The van der Waals surface area contributed by atoms with Gasteiger partial charge in [0.05, 0.1) is 0 Å². The number of rotatable bonds is 11. The zero-order chi connectivity index (χ0) is 50.8. The summed E-state index contributed by atoms with van der Waals surface area (Å²) in [6.07, 6.45) is 1.94. The standard InChI is InChI=1S/C67H67N4O.Pt/c1-63(2,3)49-32-24-33-51(40-49)69-45-70(62(67(11,12)48-30-20-15-21-31-48)61(69)66(9,10)47-28-18-14-19-29-47)52-34-25-35-53(42-52)72-54-43-56(64(4,5)6)60-55-36-22-23-37-57(55)71(58(60)44-54)59-41-50(38-39-68-59)65(7,8)46-26-16-13-17-27-46;/h13-41,43,45H,1-12H3;/q-3;. The molecule has 1 aliphatic rings. The van der Waals surface area contributed by atoms with Crippen LogP contribution in [0.4, 0.5) is 11.4 Å². The Bertz CT molecular complexity index is 3460. The molecule has 0 N–H and O–H groups in total. The SMILES string of the molecule is CC(C)(C)c1cccc(N2[CH-]N(c3[c-]c(Oc4[c-]c5c(c(C(C)(C)C)c4)c4ccccc4n5-c4cc(C(C)(C)c5ccccc5)ccn4)ccc3)C(C(C)(C)c3ccccc3)=C2C(C)(C)c2ccccc2)c1.[Pt]. The third-order valence-corrected chi connectivity index (χ3v) is 15.0. The van der Waals surface area contributed by atoms with E-state index in [9.17, 15) is 0 Å². The molecule has 0 atom stereocenters. The molecule has 0 bridgehead atoms. The third-order valence-electron chi connectivity index (χ3n) is 15.0. The molecule has 6 heteroatoms. The van der Waals surface area contributed by atoms with Gasteiger partial charge in [0, 0.05) is 77.6 Å². The molecule has 73 heavy (non-hydrogen) atoms. The van der Waals surface area contributed by atoms with Gasteiger partial charge in [-0.15, -0.1) is 48.3 Å². The fourth-order valence-corrected chi connectivity index (χ4v) is 10.7. The number of benzene rings is 7. The molecule has 0 fully saturated rings. The van der Waals surface area contributed by atoms with Crippen LogP contribution >= 0.6 is 0 Å². The minimum absolute atomic E-state index is 0. The van der Waals surface area contributed by atoms with Crippen molar-refractivity contribution in [2.45, 2.75) is 110 Å². The molecule has 1 aliphatic heterocycles. The Morgan fingerprint density at radius 1 is 0.466 bits per heavy atom. The van der Waals surface area contributed by atoms with E-state index >= 15 is 0 Å². The van der Waals surface area contributed by atoms with Gasteiger partial charge < -0.3 is 19.1 Å². The number of ether oxygens (including phenoxy) is 1. The third kappa shape index (κ3) is 9.47. The van der Waals surface area contributed by atoms with Crippen molar-refractivity contribution in [3.8, 4) is 17.3 Å². The Morgan fingerprint density at radius 2 is 1.01 bits per heavy atom. The molecule has 0 saturated carbocycles. The molecule has 9 aromatic rings. The van der Waals surface area contributed by atoms with Crippen LogP contribution in [0.3, 0.4) is 0 Å². The molecular formula is C67H67N4OPt-3. The minimum atomic E-state index is -0.463. The number of anilines is 2. The monoisotopic (exact) mass is 1140 g/mol. The van der Waals surface area contributed by atoms with Crippen LogP contribution in [0.5, 0.6) is 11.5 Å². The number of allylic oxidation sites excluding steroid dienone is 2. The summed E-state index contributed by atoms with van der Waals surface area (Å²) in [6.45, 7) is 29.9. The molecule has 0 saturated heterocycles. The first kappa shape index (κ1) is 51.2. The van der Waals surface area contributed by atoms with Gasteiger partial charge in [-0.05, 0) is 74.4 Å². The summed E-state index contributed by atoms with van der Waals surface area (Å²) in [5.41, 5.74) is 12.2. The summed E-state index contributed by atoms with van der Waals surface area (Å²) in [5, 5.41) is 2.30. The molecular weight excluding hydrogens is 1070 g/mol. The summed E-state index contributed by atoms with van der Waals surface area (Å²) < 4.78 is 9.33. The normalized spacial score (nSPS) is 13.8. The molecule has 0 aliphatic carbocycles. The zero-order valence-electron chi connectivity index (χ0n) is 44.4. The minimum Gasteiger partial charge on any atom is -0.509 e. The summed E-state index contributed by atoms with van der Waals surface area (Å²) in [4.78, 5) is 9.84. The molecule has 0 amide bonds. The van der Waals surface area contributed by atoms with Gasteiger partial charge in [-0.2, -0.15) is 6.07 Å².